The van der Waals surface area contributed by atoms with Crippen molar-refractivity contribution in [3.63, 3.8) is 0 Å². The van der Waals surface area contributed by atoms with E-state index in [-0.39, 0.29) is 11.8 Å². The second-order valence-electron chi connectivity index (χ2n) is 5.70. The fourth-order valence-corrected chi connectivity index (χ4v) is 2.64. The van der Waals surface area contributed by atoms with Gasteiger partial charge in [-0.25, -0.2) is 4.68 Å². The van der Waals surface area contributed by atoms with Gasteiger partial charge >= 0.3 is 0 Å². The summed E-state index contributed by atoms with van der Waals surface area (Å²) in [5.74, 6) is -0.913. The van der Waals surface area contributed by atoms with Crippen LogP contribution in [0.3, 0.4) is 0 Å². The molecule has 0 aliphatic heterocycles. The van der Waals surface area contributed by atoms with Crippen LogP contribution >= 0.6 is 11.3 Å². The molecule has 0 saturated heterocycles. The highest BCUT2D eigenvalue weighted by Gasteiger charge is 2.10. The summed E-state index contributed by atoms with van der Waals surface area (Å²) in [4.78, 5) is 5.43. The molecule has 124 valence electrons. The predicted molar refractivity (Wildman–Crippen MR) is 91.3 cm³/mol. The van der Waals surface area contributed by atoms with Gasteiger partial charge in [0.05, 0.1) is 18.0 Å². The molecule has 0 bridgehead atoms. The number of hydrogen-bond acceptors (Lipinski definition) is 6. The lowest BCUT2D eigenvalue weighted by molar-refractivity contribution is 0.367. The lowest BCUT2D eigenvalue weighted by Gasteiger charge is -2.09. The molecule has 23 heavy (non-hydrogen) atoms. The molecular formula is C16H21N3O3S. The topological polar surface area (TPSA) is 90.3 Å². The standard InChI is InChI=1S/C16H21N3O3S/c1-9(2)11(4)18-16-19(10(3)8-23-16)17-7-12-5-6-13(20)15(22)14(12)21/h5-9,11,20-22H,1-4H3. The average Bonchev–Trinajstić information content (AvgIpc) is 2.84. The summed E-state index contributed by atoms with van der Waals surface area (Å²) in [5, 5.41) is 35.0. The minimum absolute atomic E-state index is 0.167. The molecule has 0 amide bonds. The molecule has 3 N–H and O–H groups in total. The summed E-state index contributed by atoms with van der Waals surface area (Å²) in [6.45, 7) is 8.19. The highest BCUT2D eigenvalue weighted by molar-refractivity contribution is 7.07. The van der Waals surface area contributed by atoms with E-state index < -0.39 is 11.5 Å². The maximum Gasteiger partial charge on any atom is 0.206 e. The van der Waals surface area contributed by atoms with Gasteiger partial charge in [0, 0.05) is 10.9 Å². The van der Waals surface area contributed by atoms with Gasteiger partial charge in [0.15, 0.2) is 11.5 Å². The lowest BCUT2D eigenvalue weighted by atomic mass is 10.1. The molecular weight excluding hydrogens is 314 g/mol. The third-order valence-corrected chi connectivity index (χ3v) is 4.55. The van der Waals surface area contributed by atoms with Crippen LogP contribution in [0.4, 0.5) is 0 Å². The molecule has 1 aromatic carbocycles. The Morgan fingerprint density at radius 1 is 1.13 bits per heavy atom. The molecule has 0 aliphatic carbocycles. The van der Waals surface area contributed by atoms with Gasteiger partial charge in [-0.05, 0) is 31.9 Å². The SMILES string of the molecule is Cc1csc(=NC(C)C(C)C)n1N=Cc1ccc(O)c(O)c1O. The van der Waals surface area contributed by atoms with Gasteiger partial charge in [-0.2, -0.15) is 5.10 Å². The van der Waals surface area contributed by atoms with Gasteiger partial charge in [-0.1, -0.05) is 13.8 Å². The zero-order valence-electron chi connectivity index (χ0n) is 13.6. The van der Waals surface area contributed by atoms with Crippen LogP contribution in [0.25, 0.3) is 0 Å². The molecule has 0 saturated carbocycles. The number of phenols is 3. The van der Waals surface area contributed by atoms with Crippen molar-refractivity contribution in [3.8, 4) is 17.2 Å². The molecule has 1 unspecified atom stereocenters. The number of phenolic OH excluding ortho intramolecular Hbond substituents is 3. The van der Waals surface area contributed by atoms with E-state index in [0.717, 1.165) is 10.5 Å². The Labute approximate surface area is 138 Å². The number of hydrogen-bond donors (Lipinski definition) is 3. The van der Waals surface area contributed by atoms with Crippen molar-refractivity contribution in [2.24, 2.45) is 16.0 Å². The first-order valence-electron chi connectivity index (χ1n) is 7.30. The van der Waals surface area contributed by atoms with Gasteiger partial charge in [0.1, 0.15) is 0 Å². The number of aromatic hydroxyl groups is 3. The molecule has 2 rings (SSSR count). The van der Waals surface area contributed by atoms with E-state index in [4.69, 9.17) is 0 Å². The van der Waals surface area contributed by atoms with Crippen molar-refractivity contribution in [3.05, 3.63) is 33.6 Å². The Balaban J connectivity index is 2.42. The van der Waals surface area contributed by atoms with Crippen LogP contribution in [0, 0.1) is 12.8 Å². The molecule has 1 aromatic heterocycles. The average molecular weight is 335 g/mol. The second kappa shape index (κ2) is 6.87. The predicted octanol–water partition coefficient (Wildman–Crippen LogP) is 2.80. The Bertz CT molecular complexity index is 790. The molecule has 0 aliphatic rings. The van der Waals surface area contributed by atoms with E-state index in [1.54, 1.807) is 4.68 Å². The summed E-state index contributed by atoms with van der Waals surface area (Å²) >= 11 is 1.50. The van der Waals surface area contributed by atoms with E-state index in [9.17, 15) is 15.3 Å². The van der Waals surface area contributed by atoms with Gasteiger partial charge in [0.2, 0.25) is 10.6 Å². The van der Waals surface area contributed by atoms with Crippen LogP contribution in [-0.2, 0) is 0 Å². The van der Waals surface area contributed by atoms with Gasteiger partial charge in [-0.3, -0.25) is 4.99 Å². The van der Waals surface area contributed by atoms with E-state index in [1.165, 1.54) is 29.7 Å². The number of rotatable bonds is 4. The molecule has 0 radical (unpaired) electrons. The van der Waals surface area contributed by atoms with Crippen molar-refractivity contribution >= 4 is 17.6 Å². The van der Waals surface area contributed by atoms with Crippen molar-refractivity contribution in [2.75, 3.05) is 0 Å². The van der Waals surface area contributed by atoms with Crippen LogP contribution < -0.4 is 4.80 Å². The van der Waals surface area contributed by atoms with Crippen molar-refractivity contribution in [2.45, 2.75) is 33.7 Å². The summed E-state index contributed by atoms with van der Waals surface area (Å²) in [7, 11) is 0. The van der Waals surface area contributed by atoms with Crippen LogP contribution in [0.1, 0.15) is 32.0 Å². The van der Waals surface area contributed by atoms with Crippen LogP contribution in [0.2, 0.25) is 0 Å². The zero-order chi connectivity index (χ0) is 17.1. The van der Waals surface area contributed by atoms with Gasteiger partial charge in [-0.15, -0.1) is 11.3 Å². The monoisotopic (exact) mass is 335 g/mol. The first-order valence-corrected chi connectivity index (χ1v) is 8.18. The van der Waals surface area contributed by atoms with Crippen molar-refractivity contribution in [1.29, 1.82) is 0 Å². The minimum atomic E-state index is -0.556. The minimum Gasteiger partial charge on any atom is -0.504 e. The molecule has 6 nitrogen and oxygen atoms in total. The highest BCUT2D eigenvalue weighted by atomic mass is 32.1. The third kappa shape index (κ3) is 3.73. The first-order chi connectivity index (χ1) is 10.8. The number of nitrogens with zero attached hydrogens (tertiary/aromatic N) is 3. The highest BCUT2D eigenvalue weighted by Crippen LogP contribution is 2.36. The van der Waals surface area contributed by atoms with Crippen LogP contribution in [0.5, 0.6) is 17.2 Å². The Morgan fingerprint density at radius 2 is 1.83 bits per heavy atom. The Morgan fingerprint density at radius 3 is 2.48 bits per heavy atom. The largest absolute Gasteiger partial charge is 0.504 e. The molecule has 1 heterocycles. The third-order valence-electron chi connectivity index (χ3n) is 3.60. The van der Waals surface area contributed by atoms with Crippen molar-refractivity contribution < 1.29 is 15.3 Å². The Kier molecular flexibility index (Phi) is 5.10. The number of benzene rings is 1. The lowest BCUT2D eigenvalue weighted by Crippen LogP contribution is -2.18. The number of thiazole rings is 1. The van der Waals surface area contributed by atoms with E-state index in [1.807, 2.05) is 12.3 Å². The van der Waals surface area contributed by atoms with Gasteiger partial charge in [0.25, 0.3) is 0 Å². The fourth-order valence-electron chi connectivity index (χ4n) is 1.75. The van der Waals surface area contributed by atoms with Gasteiger partial charge < -0.3 is 15.3 Å². The molecule has 0 fully saturated rings. The maximum absolute atomic E-state index is 9.83. The molecule has 7 heteroatoms. The molecule has 1 atom stereocenters. The van der Waals surface area contributed by atoms with Crippen LogP contribution in [-0.4, -0.2) is 32.3 Å². The fraction of sp³-hybridized carbons (Fsp3) is 0.375. The quantitative estimate of drug-likeness (QED) is 0.593. The number of aromatic nitrogens is 1. The smallest absolute Gasteiger partial charge is 0.206 e. The normalized spacial score (nSPS) is 14.0. The number of aryl methyl sites for hydroxylation is 1. The summed E-state index contributed by atoms with van der Waals surface area (Å²) in [6.07, 6.45) is 1.42. The maximum atomic E-state index is 9.83. The summed E-state index contributed by atoms with van der Waals surface area (Å²) in [5.41, 5.74) is 1.23. The van der Waals surface area contributed by atoms with E-state index >= 15 is 0 Å². The Hall–Kier alpha value is -2.28. The molecule has 0 spiro atoms. The summed E-state index contributed by atoms with van der Waals surface area (Å²) in [6, 6.07) is 2.94. The summed E-state index contributed by atoms with van der Waals surface area (Å²) < 4.78 is 1.69. The van der Waals surface area contributed by atoms with Crippen LogP contribution in [0.15, 0.2) is 27.6 Å². The molecule has 2 aromatic rings. The first kappa shape index (κ1) is 17.1. The second-order valence-corrected chi connectivity index (χ2v) is 6.54. The van der Waals surface area contributed by atoms with E-state index in [2.05, 4.69) is 30.9 Å². The van der Waals surface area contributed by atoms with E-state index in [0.29, 0.717) is 11.5 Å². The zero-order valence-corrected chi connectivity index (χ0v) is 14.4. The van der Waals surface area contributed by atoms with Crippen molar-refractivity contribution in [1.82, 2.24) is 4.68 Å².